The standard InChI is InChI=1S/C24H22N2O3/c1-16-8-10-18(11-9-16)14-26(24(28)21-7-4-12-29-21)15-20-13-19-6-3-5-17(2)22(19)25-23(20)27/h3-13H,14-15H2,1-2H3,(H,25,27). The molecule has 5 heteroatoms. The Morgan fingerprint density at radius 1 is 1.00 bits per heavy atom. The maximum Gasteiger partial charge on any atom is 0.290 e. The van der Waals surface area contributed by atoms with Gasteiger partial charge < -0.3 is 14.3 Å². The van der Waals surface area contributed by atoms with Crippen molar-refractivity contribution in [1.29, 1.82) is 0 Å². The first kappa shape index (κ1) is 18.7. The highest BCUT2D eigenvalue weighted by atomic mass is 16.3. The molecule has 0 radical (unpaired) electrons. The Morgan fingerprint density at radius 2 is 1.79 bits per heavy atom. The highest BCUT2D eigenvalue weighted by molar-refractivity contribution is 5.91. The summed E-state index contributed by atoms with van der Waals surface area (Å²) in [5.41, 5.74) is 4.32. The van der Waals surface area contributed by atoms with Crippen LogP contribution in [0.3, 0.4) is 0 Å². The van der Waals surface area contributed by atoms with Crippen molar-refractivity contribution in [3.05, 3.63) is 105 Å². The van der Waals surface area contributed by atoms with Gasteiger partial charge in [0.15, 0.2) is 5.76 Å². The second kappa shape index (κ2) is 7.80. The van der Waals surface area contributed by atoms with E-state index in [1.165, 1.54) is 6.26 Å². The molecule has 1 N–H and O–H groups in total. The summed E-state index contributed by atoms with van der Waals surface area (Å²) in [6.07, 6.45) is 1.48. The fourth-order valence-corrected chi connectivity index (χ4v) is 3.42. The maximum atomic E-state index is 13.0. The molecule has 0 saturated carbocycles. The van der Waals surface area contributed by atoms with E-state index in [0.717, 1.165) is 27.6 Å². The fourth-order valence-electron chi connectivity index (χ4n) is 3.42. The summed E-state index contributed by atoms with van der Waals surface area (Å²) < 4.78 is 5.31. The number of aromatic amines is 1. The van der Waals surface area contributed by atoms with Crippen molar-refractivity contribution in [1.82, 2.24) is 9.88 Å². The van der Waals surface area contributed by atoms with Crippen molar-refractivity contribution < 1.29 is 9.21 Å². The summed E-state index contributed by atoms with van der Waals surface area (Å²) in [5.74, 6) is 0.00416. The molecule has 0 unspecified atom stereocenters. The molecule has 146 valence electrons. The number of fused-ring (bicyclic) bond motifs is 1. The van der Waals surface area contributed by atoms with Crippen LogP contribution in [0, 0.1) is 13.8 Å². The Morgan fingerprint density at radius 3 is 2.52 bits per heavy atom. The van der Waals surface area contributed by atoms with Crippen molar-refractivity contribution in [3.63, 3.8) is 0 Å². The van der Waals surface area contributed by atoms with Crippen molar-refractivity contribution in [2.75, 3.05) is 0 Å². The molecule has 4 rings (SSSR count). The van der Waals surface area contributed by atoms with Gasteiger partial charge in [-0.1, -0.05) is 48.0 Å². The van der Waals surface area contributed by atoms with Crippen LogP contribution in [0.2, 0.25) is 0 Å². The molecular formula is C24H22N2O3. The molecule has 0 aliphatic heterocycles. The van der Waals surface area contributed by atoms with Crippen molar-refractivity contribution in [2.24, 2.45) is 0 Å². The third-order valence-corrected chi connectivity index (χ3v) is 5.04. The van der Waals surface area contributed by atoms with Gasteiger partial charge in [0.2, 0.25) is 0 Å². The summed E-state index contributed by atoms with van der Waals surface area (Å²) in [5, 5.41) is 0.945. The van der Waals surface area contributed by atoms with E-state index < -0.39 is 0 Å². The molecular weight excluding hydrogens is 364 g/mol. The lowest BCUT2D eigenvalue weighted by Crippen LogP contribution is -2.32. The average Bonchev–Trinajstić information content (AvgIpc) is 3.25. The summed E-state index contributed by atoms with van der Waals surface area (Å²) in [7, 11) is 0. The van der Waals surface area contributed by atoms with Gasteiger partial charge in [-0.3, -0.25) is 9.59 Å². The topological polar surface area (TPSA) is 66.3 Å². The number of H-pyrrole nitrogens is 1. The number of para-hydroxylation sites is 1. The highest BCUT2D eigenvalue weighted by Gasteiger charge is 2.20. The minimum atomic E-state index is -0.251. The zero-order valence-electron chi connectivity index (χ0n) is 16.4. The number of pyridine rings is 1. The number of nitrogens with zero attached hydrogens (tertiary/aromatic N) is 1. The van der Waals surface area contributed by atoms with E-state index in [9.17, 15) is 9.59 Å². The Bertz CT molecular complexity index is 1210. The second-order valence-electron chi connectivity index (χ2n) is 7.29. The molecule has 1 amide bonds. The summed E-state index contributed by atoms with van der Waals surface area (Å²) in [4.78, 5) is 30.3. The molecule has 0 bridgehead atoms. The van der Waals surface area contributed by atoms with E-state index >= 15 is 0 Å². The predicted molar refractivity (Wildman–Crippen MR) is 113 cm³/mol. The van der Waals surface area contributed by atoms with Gasteiger partial charge in [0.25, 0.3) is 11.5 Å². The van der Waals surface area contributed by atoms with Crippen LogP contribution in [0.25, 0.3) is 10.9 Å². The number of carbonyl (C=O) groups excluding carboxylic acids is 1. The number of furan rings is 1. The van der Waals surface area contributed by atoms with Crippen LogP contribution in [0.4, 0.5) is 0 Å². The summed E-state index contributed by atoms with van der Waals surface area (Å²) in [6, 6.07) is 19.1. The van der Waals surface area contributed by atoms with Crippen molar-refractivity contribution >= 4 is 16.8 Å². The highest BCUT2D eigenvalue weighted by Crippen LogP contribution is 2.18. The van der Waals surface area contributed by atoms with E-state index in [-0.39, 0.29) is 23.8 Å². The van der Waals surface area contributed by atoms with Gasteiger partial charge in [-0.25, -0.2) is 0 Å². The zero-order valence-corrected chi connectivity index (χ0v) is 16.4. The number of carbonyl (C=O) groups is 1. The van der Waals surface area contributed by atoms with Gasteiger partial charge in [-0.05, 0) is 48.6 Å². The summed E-state index contributed by atoms with van der Waals surface area (Å²) in [6.45, 7) is 4.55. The van der Waals surface area contributed by atoms with Crippen LogP contribution in [-0.4, -0.2) is 15.8 Å². The molecule has 2 heterocycles. The van der Waals surface area contributed by atoms with E-state index in [2.05, 4.69) is 4.98 Å². The maximum absolute atomic E-state index is 13.0. The molecule has 0 atom stereocenters. The molecule has 5 nitrogen and oxygen atoms in total. The molecule has 29 heavy (non-hydrogen) atoms. The van der Waals surface area contributed by atoms with Crippen LogP contribution >= 0.6 is 0 Å². The normalized spacial score (nSPS) is 11.0. The van der Waals surface area contributed by atoms with Crippen LogP contribution in [0.5, 0.6) is 0 Å². The van der Waals surface area contributed by atoms with Crippen LogP contribution in [0.1, 0.15) is 32.8 Å². The van der Waals surface area contributed by atoms with Gasteiger partial charge in [0, 0.05) is 12.1 Å². The number of nitrogens with one attached hydrogen (secondary N) is 1. The smallest absolute Gasteiger partial charge is 0.290 e. The van der Waals surface area contributed by atoms with Crippen molar-refractivity contribution in [2.45, 2.75) is 26.9 Å². The molecule has 0 fully saturated rings. The van der Waals surface area contributed by atoms with Crippen LogP contribution in [-0.2, 0) is 13.1 Å². The average molecular weight is 386 g/mol. The van der Waals surface area contributed by atoms with E-state index in [1.54, 1.807) is 17.0 Å². The number of rotatable bonds is 5. The quantitative estimate of drug-likeness (QED) is 0.546. The molecule has 0 aliphatic carbocycles. The molecule has 0 aliphatic rings. The third-order valence-electron chi connectivity index (χ3n) is 5.04. The van der Waals surface area contributed by atoms with Gasteiger partial charge >= 0.3 is 0 Å². The number of aromatic nitrogens is 1. The zero-order chi connectivity index (χ0) is 20.4. The fraction of sp³-hybridized carbons (Fsp3) is 0.167. The third kappa shape index (κ3) is 3.99. The first-order valence-corrected chi connectivity index (χ1v) is 9.51. The Hall–Kier alpha value is -3.60. The van der Waals surface area contributed by atoms with Crippen LogP contribution in [0.15, 0.2) is 76.1 Å². The number of hydrogen-bond acceptors (Lipinski definition) is 3. The Labute approximate surface area is 168 Å². The number of hydrogen-bond donors (Lipinski definition) is 1. The molecule has 0 spiro atoms. The first-order chi connectivity index (χ1) is 14.0. The van der Waals surface area contributed by atoms with Gasteiger partial charge in [0.1, 0.15) is 0 Å². The monoisotopic (exact) mass is 386 g/mol. The van der Waals surface area contributed by atoms with Gasteiger partial charge in [-0.15, -0.1) is 0 Å². The van der Waals surface area contributed by atoms with Gasteiger partial charge in [0.05, 0.1) is 18.3 Å². The molecule has 2 aromatic heterocycles. The lowest BCUT2D eigenvalue weighted by Gasteiger charge is -2.22. The van der Waals surface area contributed by atoms with Gasteiger partial charge in [-0.2, -0.15) is 0 Å². The lowest BCUT2D eigenvalue weighted by molar-refractivity contribution is 0.0697. The van der Waals surface area contributed by atoms with Crippen LogP contribution < -0.4 is 5.56 Å². The minimum Gasteiger partial charge on any atom is -0.459 e. The van der Waals surface area contributed by atoms with E-state index in [1.807, 2.05) is 62.4 Å². The number of aryl methyl sites for hydroxylation is 2. The largest absolute Gasteiger partial charge is 0.459 e. The minimum absolute atomic E-state index is 0.187. The molecule has 4 aromatic rings. The predicted octanol–water partition coefficient (Wildman–Crippen LogP) is 4.58. The first-order valence-electron chi connectivity index (χ1n) is 9.51. The summed E-state index contributed by atoms with van der Waals surface area (Å²) >= 11 is 0. The molecule has 0 saturated heterocycles. The van der Waals surface area contributed by atoms with Crippen molar-refractivity contribution in [3.8, 4) is 0 Å². The second-order valence-corrected chi connectivity index (χ2v) is 7.29. The Kier molecular flexibility index (Phi) is 5.04. The van der Waals surface area contributed by atoms with E-state index in [0.29, 0.717) is 12.1 Å². The van der Waals surface area contributed by atoms with E-state index in [4.69, 9.17) is 4.42 Å². The number of benzene rings is 2. The lowest BCUT2D eigenvalue weighted by atomic mass is 10.1. The SMILES string of the molecule is Cc1ccc(CN(Cc2cc3cccc(C)c3[nH]c2=O)C(=O)c2ccco2)cc1. The Balaban J connectivity index is 1.70. The number of amides is 1. The molecule has 2 aromatic carbocycles.